The summed E-state index contributed by atoms with van der Waals surface area (Å²) in [5.74, 6) is 2.14. The molecule has 0 radical (unpaired) electrons. The quantitative estimate of drug-likeness (QED) is 0.505. The van der Waals surface area contributed by atoms with Crippen molar-refractivity contribution in [2.24, 2.45) is 0 Å². The van der Waals surface area contributed by atoms with E-state index in [1.165, 1.54) is 12.1 Å². The Morgan fingerprint density at radius 2 is 1.83 bits per heavy atom. The average molecular weight is 357 g/mol. The molecule has 1 N–H and O–H groups in total. The fourth-order valence-electron chi connectivity index (χ4n) is 2.02. The molecule has 0 spiro atoms. The van der Waals surface area contributed by atoms with E-state index in [2.05, 4.69) is 12.4 Å². The molecule has 128 valence electrons. The SMILES string of the molecule is C=CC(=O)OCc1ccc(NS(=C)(=O)C(F)(F)F)c2ccccc12. The summed E-state index contributed by atoms with van der Waals surface area (Å²) in [4.78, 5) is 11.2. The monoisotopic (exact) mass is 357 g/mol. The van der Waals surface area contributed by atoms with Crippen molar-refractivity contribution in [1.82, 2.24) is 0 Å². The number of carbonyl (C=O) groups excluding carboxylic acids is 1. The molecule has 1 atom stereocenters. The highest BCUT2D eigenvalue weighted by molar-refractivity contribution is 8.02. The van der Waals surface area contributed by atoms with Gasteiger partial charge in [0, 0.05) is 11.5 Å². The van der Waals surface area contributed by atoms with Crippen molar-refractivity contribution < 1.29 is 26.9 Å². The molecule has 1 unspecified atom stereocenters. The molecule has 0 aliphatic carbocycles. The van der Waals surface area contributed by atoms with Gasteiger partial charge in [-0.25, -0.2) is 9.00 Å². The van der Waals surface area contributed by atoms with Gasteiger partial charge < -0.3 is 9.46 Å². The molecule has 2 aromatic carbocycles. The van der Waals surface area contributed by atoms with Crippen molar-refractivity contribution >= 4 is 38.0 Å². The fourth-order valence-corrected chi connectivity index (χ4v) is 2.67. The van der Waals surface area contributed by atoms with Crippen LogP contribution in [0.4, 0.5) is 18.9 Å². The van der Waals surface area contributed by atoms with Crippen molar-refractivity contribution in [2.45, 2.75) is 12.1 Å². The van der Waals surface area contributed by atoms with E-state index in [-0.39, 0.29) is 12.3 Å². The molecule has 0 bridgehead atoms. The van der Waals surface area contributed by atoms with Crippen molar-refractivity contribution in [1.29, 1.82) is 0 Å². The first-order valence-electron chi connectivity index (χ1n) is 6.67. The van der Waals surface area contributed by atoms with Crippen LogP contribution in [0, 0.1) is 0 Å². The van der Waals surface area contributed by atoms with E-state index < -0.39 is 21.2 Å². The van der Waals surface area contributed by atoms with Crippen molar-refractivity contribution in [3.05, 3.63) is 54.6 Å². The summed E-state index contributed by atoms with van der Waals surface area (Å²) in [7, 11) is -4.53. The summed E-state index contributed by atoms with van der Waals surface area (Å²) in [6, 6.07) is 9.39. The number of anilines is 1. The molecule has 4 nitrogen and oxygen atoms in total. The van der Waals surface area contributed by atoms with Gasteiger partial charge in [0.2, 0.25) is 0 Å². The third-order valence-corrected chi connectivity index (χ3v) is 4.50. The highest BCUT2D eigenvalue weighted by Gasteiger charge is 2.40. The van der Waals surface area contributed by atoms with Gasteiger partial charge in [-0.1, -0.05) is 36.9 Å². The van der Waals surface area contributed by atoms with E-state index in [0.29, 0.717) is 16.3 Å². The average Bonchev–Trinajstić information content (AvgIpc) is 2.52. The Hall–Kier alpha value is -2.48. The lowest BCUT2D eigenvalue weighted by atomic mass is 10.0. The lowest BCUT2D eigenvalue weighted by Crippen LogP contribution is -2.29. The van der Waals surface area contributed by atoms with E-state index >= 15 is 0 Å². The number of ether oxygens (including phenoxy) is 1. The summed E-state index contributed by atoms with van der Waals surface area (Å²) in [5, 5.41) is 0.974. The van der Waals surface area contributed by atoms with Gasteiger partial charge >= 0.3 is 11.5 Å². The smallest absolute Gasteiger partial charge is 0.458 e. The van der Waals surface area contributed by atoms with Crippen LogP contribution in [0.5, 0.6) is 0 Å². The topological polar surface area (TPSA) is 55.4 Å². The van der Waals surface area contributed by atoms with Crippen LogP contribution in [0.25, 0.3) is 10.8 Å². The number of rotatable bonds is 5. The number of fused-ring (bicyclic) bond motifs is 1. The second-order valence-electron chi connectivity index (χ2n) is 4.85. The van der Waals surface area contributed by atoms with E-state index in [1.807, 2.05) is 4.72 Å². The van der Waals surface area contributed by atoms with E-state index in [0.717, 1.165) is 6.08 Å². The fraction of sp³-hybridized carbons (Fsp3) is 0.125. The van der Waals surface area contributed by atoms with Crippen LogP contribution in [-0.4, -0.2) is 21.6 Å². The highest BCUT2D eigenvalue weighted by atomic mass is 32.2. The zero-order valence-corrected chi connectivity index (χ0v) is 13.2. The van der Waals surface area contributed by atoms with Gasteiger partial charge in [-0.2, -0.15) is 13.2 Å². The first kappa shape index (κ1) is 17.9. The highest BCUT2D eigenvalue weighted by Crippen LogP contribution is 2.31. The summed E-state index contributed by atoms with van der Waals surface area (Å²) >= 11 is 0. The normalized spacial score (nSPS) is 14.0. The second-order valence-corrected chi connectivity index (χ2v) is 6.87. The molecule has 0 saturated heterocycles. The van der Waals surface area contributed by atoms with Gasteiger partial charge in [0.25, 0.3) is 0 Å². The van der Waals surface area contributed by atoms with Gasteiger partial charge in [-0.15, -0.1) is 0 Å². The third-order valence-electron chi connectivity index (χ3n) is 3.20. The van der Waals surface area contributed by atoms with Gasteiger partial charge in [0.1, 0.15) is 16.3 Å². The molecule has 0 saturated carbocycles. The van der Waals surface area contributed by atoms with Gasteiger partial charge in [-0.3, -0.25) is 0 Å². The lowest BCUT2D eigenvalue weighted by Gasteiger charge is -2.18. The van der Waals surface area contributed by atoms with E-state index in [1.54, 1.807) is 24.3 Å². The molecule has 0 amide bonds. The maximum atomic E-state index is 12.8. The minimum atomic E-state index is -4.98. The molecule has 0 fully saturated rings. The molecule has 8 heteroatoms. The molecule has 0 aliphatic rings. The number of carbonyl (C=O) groups is 1. The first-order valence-corrected chi connectivity index (χ1v) is 8.39. The Bertz CT molecular complexity index is 889. The van der Waals surface area contributed by atoms with E-state index in [4.69, 9.17) is 4.74 Å². The largest absolute Gasteiger partial charge is 0.481 e. The Morgan fingerprint density at radius 1 is 1.21 bits per heavy atom. The molecule has 2 aromatic rings. The number of benzene rings is 2. The van der Waals surface area contributed by atoms with Crippen molar-refractivity contribution in [3.8, 4) is 0 Å². The maximum Gasteiger partial charge on any atom is 0.481 e. The standard InChI is InChI=1S/C16H14F3NO3S/c1-3-15(21)23-10-11-8-9-14(13-7-5-4-6-12(11)13)20-24(2,22)16(17,18)19/h3-9H,1-2,10H2,(H,20,22). The zero-order chi connectivity index (χ0) is 18.0. The van der Waals surface area contributed by atoms with Crippen LogP contribution in [0.3, 0.4) is 0 Å². The maximum absolute atomic E-state index is 12.8. The van der Waals surface area contributed by atoms with Crippen LogP contribution in [0.1, 0.15) is 5.56 Å². The zero-order valence-electron chi connectivity index (χ0n) is 12.4. The van der Waals surface area contributed by atoms with Crippen LogP contribution in [0.15, 0.2) is 49.1 Å². The summed E-state index contributed by atoms with van der Waals surface area (Å²) < 4.78 is 57.0. The summed E-state index contributed by atoms with van der Waals surface area (Å²) in [6.07, 6.45) is 1.01. The molecule has 0 aliphatic heterocycles. The van der Waals surface area contributed by atoms with Crippen LogP contribution in [0.2, 0.25) is 0 Å². The Morgan fingerprint density at radius 3 is 2.42 bits per heavy atom. The first-order chi connectivity index (χ1) is 11.2. The molecular formula is C16H14F3NO3S. The van der Waals surface area contributed by atoms with E-state index in [9.17, 15) is 22.2 Å². The number of alkyl halides is 3. The van der Waals surface area contributed by atoms with Gasteiger partial charge in [-0.05, 0) is 22.9 Å². The number of halogens is 3. The van der Waals surface area contributed by atoms with Crippen LogP contribution < -0.4 is 4.72 Å². The summed E-state index contributed by atoms with van der Waals surface area (Å²) in [6.45, 7) is 3.22. The third kappa shape index (κ3) is 3.70. The Balaban J connectivity index is 2.45. The Labute approximate surface area is 137 Å². The van der Waals surface area contributed by atoms with Gasteiger partial charge in [0.15, 0.2) is 0 Å². The number of nitrogens with one attached hydrogen (secondary N) is 1. The molecule has 0 heterocycles. The molecule has 0 aromatic heterocycles. The summed E-state index contributed by atoms with van der Waals surface area (Å²) in [5.41, 5.74) is -4.36. The molecule has 2 rings (SSSR count). The van der Waals surface area contributed by atoms with Crippen molar-refractivity contribution in [2.75, 3.05) is 4.72 Å². The van der Waals surface area contributed by atoms with Crippen LogP contribution in [-0.2, 0) is 25.8 Å². The number of hydrogen-bond acceptors (Lipinski definition) is 3. The Kier molecular flexibility index (Phi) is 4.88. The minimum absolute atomic E-state index is 0.0294. The number of hydrogen-bond donors (Lipinski definition) is 1. The number of esters is 1. The van der Waals surface area contributed by atoms with Crippen molar-refractivity contribution in [3.63, 3.8) is 0 Å². The second kappa shape index (κ2) is 6.56. The predicted octanol–water partition coefficient (Wildman–Crippen LogP) is 3.63. The molecule has 24 heavy (non-hydrogen) atoms. The predicted molar refractivity (Wildman–Crippen MR) is 88.9 cm³/mol. The van der Waals surface area contributed by atoms with Crippen LogP contribution >= 0.6 is 0 Å². The van der Waals surface area contributed by atoms with Gasteiger partial charge in [0.05, 0.1) is 5.69 Å². The lowest BCUT2D eigenvalue weighted by molar-refractivity contribution is -0.138. The minimum Gasteiger partial charge on any atom is -0.458 e. The molecular weight excluding hydrogens is 343 g/mol.